The van der Waals surface area contributed by atoms with Gasteiger partial charge in [0.2, 0.25) is 0 Å². The van der Waals surface area contributed by atoms with E-state index in [1.165, 1.54) is 17.8 Å². The van der Waals surface area contributed by atoms with Crippen molar-refractivity contribution in [3.05, 3.63) is 29.6 Å². The maximum absolute atomic E-state index is 13.4. The van der Waals surface area contributed by atoms with Crippen LogP contribution < -0.4 is 5.73 Å². The minimum absolute atomic E-state index is 0.191. The number of thioether (sulfide) groups is 1. The van der Waals surface area contributed by atoms with Gasteiger partial charge in [0.1, 0.15) is 5.82 Å². The molecule has 2 N–H and O–H groups in total. The fourth-order valence-electron chi connectivity index (χ4n) is 1.26. The zero-order chi connectivity index (χ0) is 9.84. The minimum Gasteiger partial charge on any atom is -0.324 e. The van der Waals surface area contributed by atoms with Crippen LogP contribution in [0.5, 0.6) is 0 Å². The quantitative estimate of drug-likeness (QED) is 0.757. The van der Waals surface area contributed by atoms with Gasteiger partial charge in [-0.1, -0.05) is 13.0 Å². The summed E-state index contributed by atoms with van der Waals surface area (Å²) in [5, 5.41) is 0. The number of hydrogen-bond donors (Lipinski definition) is 1. The van der Waals surface area contributed by atoms with Crippen LogP contribution >= 0.6 is 11.8 Å². The third-order valence-electron chi connectivity index (χ3n) is 2.04. The van der Waals surface area contributed by atoms with E-state index in [0.29, 0.717) is 5.56 Å². The highest BCUT2D eigenvalue weighted by Gasteiger charge is 2.13. The molecule has 0 heterocycles. The second-order valence-corrected chi connectivity index (χ2v) is 3.72. The molecular weight excluding hydrogens is 185 g/mol. The van der Waals surface area contributed by atoms with Crippen LogP contribution in [0.3, 0.4) is 0 Å². The molecule has 0 saturated carbocycles. The molecule has 0 bridgehead atoms. The normalized spacial score (nSPS) is 12.9. The highest BCUT2D eigenvalue weighted by atomic mass is 32.2. The Morgan fingerprint density at radius 2 is 2.23 bits per heavy atom. The van der Waals surface area contributed by atoms with Gasteiger partial charge in [-0.25, -0.2) is 4.39 Å². The fraction of sp³-hybridized carbons (Fsp3) is 0.400. The first-order valence-corrected chi connectivity index (χ1v) is 5.51. The highest BCUT2D eigenvalue weighted by Crippen LogP contribution is 2.28. The number of halogens is 1. The summed E-state index contributed by atoms with van der Waals surface area (Å²) in [6.45, 7) is 1.96. The lowest BCUT2D eigenvalue weighted by molar-refractivity contribution is 0.566. The monoisotopic (exact) mass is 199 g/mol. The SMILES string of the molecule is CC[C@H](N)c1c(F)cccc1SC. The van der Waals surface area contributed by atoms with Crippen LogP contribution in [-0.2, 0) is 0 Å². The lowest BCUT2D eigenvalue weighted by Gasteiger charge is -2.14. The molecular formula is C10H14FNS. The Balaban J connectivity index is 3.14. The van der Waals surface area contributed by atoms with E-state index in [-0.39, 0.29) is 11.9 Å². The summed E-state index contributed by atoms with van der Waals surface area (Å²) >= 11 is 1.53. The van der Waals surface area contributed by atoms with Crippen molar-refractivity contribution in [3.8, 4) is 0 Å². The van der Waals surface area contributed by atoms with Crippen molar-refractivity contribution in [3.63, 3.8) is 0 Å². The summed E-state index contributed by atoms with van der Waals surface area (Å²) in [6.07, 6.45) is 2.69. The van der Waals surface area contributed by atoms with Gasteiger partial charge in [0, 0.05) is 16.5 Å². The molecule has 0 aromatic heterocycles. The van der Waals surface area contributed by atoms with Crippen molar-refractivity contribution in [1.82, 2.24) is 0 Å². The molecule has 1 nitrogen and oxygen atoms in total. The number of benzene rings is 1. The van der Waals surface area contributed by atoms with Crippen LogP contribution in [0.4, 0.5) is 4.39 Å². The summed E-state index contributed by atoms with van der Waals surface area (Å²) in [4.78, 5) is 0.939. The summed E-state index contributed by atoms with van der Waals surface area (Å²) in [5.41, 5.74) is 6.47. The van der Waals surface area contributed by atoms with Crippen molar-refractivity contribution >= 4 is 11.8 Å². The Hall–Kier alpha value is -0.540. The molecule has 3 heteroatoms. The van der Waals surface area contributed by atoms with Crippen molar-refractivity contribution in [1.29, 1.82) is 0 Å². The first kappa shape index (κ1) is 10.5. The fourth-order valence-corrected chi connectivity index (χ4v) is 1.94. The standard InChI is InChI=1S/C10H14FNS/c1-3-8(12)10-7(11)5-4-6-9(10)13-2/h4-6,8H,3,12H2,1-2H3/t8-/m0/s1. The van der Waals surface area contributed by atoms with Crippen LogP contribution in [0.2, 0.25) is 0 Å². The van der Waals surface area contributed by atoms with Gasteiger partial charge in [0.05, 0.1) is 0 Å². The summed E-state index contributed by atoms with van der Waals surface area (Å²) in [5.74, 6) is -0.193. The van der Waals surface area contributed by atoms with Gasteiger partial charge in [-0.05, 0) is 24.8 Å². The Morgan fingerprint density at radius 3 is 2.77 bits per heavy atom. The molecule has 1 aromatic rings. The Bertz CT molecular complexity index is 288. The third-order valence-corrected chi connectivity index (χ3v) is 2.84. The molecule has 1 atom stereocenters. The number of rotatable bonds is 3. The maximum atomic E-state index is 13.4. The van der Waals surface area contributed by atoms with E-state index in [2.05, 4.69) is 0 Å². The maximum Gasteiger partial charge on any atom is 0.129 e. The van der Waals surface area contributed by atoms with E-state index < -0.39 is 0 Å². The zero-order valence-corrected chi connectivity index (χ0v) is 8.70. The van der Waals surface area contributed by atoms with Crippen molar-refractivity contribution in [2.45, 2.75) is 24.3 Å². The van der Waals surface area contributed by atoms with Gasteiger partial charge in [-0.2, -0.15) is 0 Å². The van der Waals surface area contributed by atoms with Crippen molar-refractivity contribution in [2.75, 3.05) is 6.26 Å². The Kier molecular flexibility index (Phi) is 3.75. The van der Waals surface area contributed by atoms with Crippen LogP contribution in [0.15, 0.2) is 23.1 Å². The van der Waals surface area contributed by atoms with Crippen LogP contribution in [0, 0.1) is 5.82 Å². The summed E-state index contributed by atoms with van der Waals surface area (Å²) < 4.78 is 13.4. The van der Waals surface area contributed by atoms with Gasteiger partial charge in [-0.15, -0.1) is 11.8 Å². The third kappa shape index (κ3) is 2.23. The van der Waals surface area contributed by atoms with Crippen molar-refractivity contribution in [2.24, 2.45) is 5.73 Å². The van der Waals surface area contributed by atoms with Crippen LogP contribution in [-0.4, -0.2) is 6.26 Å². The molecule has 0 spiro atoms. The first-order chi connectivity index (χ1) is 6.20. The molecule has 13 heavy (non-hydrogen) atoms. The second-order valence-electron chi connectivity index (χ2n) is 2.87. The lowest BCUT2D eigenvalue weighted by Crippen LogP contribution is -2.11. The Morgan fingerprint density at radius 1 is 1.54 bits per heavy atom. The average molecular weight is 199 g/mol. The summed E-state index contributed by atoms with van der Waals surface area (Å²) in [7, 11) is 0. The highest BCUT2D eigenvalue weighted by molar-refractivity contribution is 7.98. The predicted molar refractivity (Wildman–Crippen MR) is 55.4 cm³/mol. The van der Waals surface area contributed by atoms with Gasteiger partial charge in [-0.3, -0.25) is 0 Å². The van der Waals surface area contributed by atoms with E-state index in [0.717, 1.165) is 11.3 Å². The molecule has 0 fully saturated rings. The molecule has 0 radical (unpaired) electrons. The molecule has 1 aromatic carbocycles. The van der Waals surface area contributed by atoms with Gasteiger partial charge < -0.3 is 5.73 Å². The van der Waals surface area contributed by atoms with E-state index in [9.17, 15) is 4.39 Å². The molecule has 0 aliphatic carbocycles. The van der Waals surface area contributed by atoms with E-state index in [1.807, 2.05) is 19.2 Å². The van der Waals surface area contributed by atoms with Crippen LogP contribution in [0.25, 0.3) is 0 Å². The van der Waals surface area contributed by atoms with E-state index in [1.54, 1.807) is 6.07 Å². The zero-order valence-electron chi connectivity index (χ0n) is 7.88. The van der Waals surface area contributed by atoms with Gasteiger partial charge in [0.25, 0.3) is 0 Å². The molecule has 0 aliphatic rings. The first-order valence-electron chi connectivity index (χ1n) is 4.28. The Labute approximate surface area is 82.5 Å². The second kappa shape index (κ2) is 4.63. The minimum atomic E-state index is -0.193. The summed E-state index contributed by atoms with van der Waals surface area (Å²) in [6, 6.07) is 4.89. The van der Waals surface area contributed by atoms with Crippen molar-refractivity contribution < 1.29 is 4.39 Å². The predicted octanol–water partition coefficient (Wildman–Crippen LogP) is 2.96. The largest absolute Gasteiger partial charge is 0.324 e. The lowest BCUT2D eigenvalue weighted by atomic mass is 10.1. The van der Waals surface area contributed by atoms with Gasteiger partial charge in [0.15, 0.2) is 0 Å². The number of hydrogen-bond acceptors (Lipinski definition) is 2. The number of nitrogens with two attached hydrogens (primary N) is 1. The molecule has 0 unspecified atom stereocenters. The molecule has 0 aliphatic heterocycles. The molecule has 0 amide bonds. The van der Waals surface area contributed by atoms with Crippen LogP contribution in [0.1, 0.15) is 24.9 Å². The van der Waals surface area contributed by atoms with E-state index in [4.69, 9.17) is 5.73 Å². The smallest absolute Gasteiger partial charge is 0.129 e. The van der Waals surface area contributed by atoms with Gasteiger partial charge >= 0.3 is 0 Å². The molecule has 0 saturated heterocycles. The topological polar surface area (TPSA) is 26.0 Å². The average Bonchev–Trinajstić information content (AvgIpc) is 2.16. The molecule has 1 rings (SSSR count). The van der Waals surface area contributed by atoms with E-state index >= 15 is 0 Å². The molecule has 72 valence electrons.